The van der Waals surface area contributed by atoms with Crippen molar-refractivity contribution in [3.63, 3.8) is 0 Å². The number of carbonyl (C=O) groups excluding carboxylic acids is 1. The molecule has 0 aliphatic heterocycles. The molecule has 0 bridgehead atoms. The third-order valence-corrected chi connectivity index (χ3v) is 2.23. The maximum absolute atomic E-state index is 10.7. The van der Waals surface area contributed by atoms with E-state index in [1.54, 1.807) is 6.92 Å². The second-order valence-corrected chi connectivity index (χ2v) is 3.89. The second kappa shape index (κ2) is 6.44. The van der Waals surface area contributed by atoms with Crippen molar-refractivity contribution in [3.05, 3.63) is 12.2 Å². The molecular weight excluding hydrogens is 207 g/mol. The molecule has 0 aromatic carbocycles. The molecule has 1 N–H and O–H groups in total. The zero-order valence-corrected chi connectivity index (χ0v) is 8.69. The Labute approximate surface area is 73.5 Å². The summed E-state index contributed by atoms with van der Waals surface area (Å²) in [4.78, 5) is 10.7. The van der Waals surface area contributed by atoms with Crippen LogP contribution in [0.2, 0.25) is 5.21 Å². The normalized spacial score (nSPS) is 10.4. The average molecular weight is 220 g/mol. The third kappa shape index (κ3) is 6.14. The molecule has 0 radical (unpaired) electrons. The van der Waals surface area contributed by atoms with Crippen molar-refractivity contribution >= 4 is 22.1 Å². The molecule has 0 saturated carbocycles. The summed E-state index contributed by atoms with van der Waals surface area (Å²) in [6.45, 7) is 5.45. The van der Waals surface area contributed by atoms with Gasteiger partial charge < -0.3 is 0 Å². The van der Waals surface area contributed by atoms with Gasteiger partial charge in [0.15, 0.2) is 0 Å². The van der Waals surface area contributed by atoms with Crippen LogP contribution in [0.4, 0.5) is 0 Å². The molecule has 4 heteroatoms. The van der Waals surface area contributed by atoms with Gasteiger partial charge in [-0.25, -0.2) is 0 Å². The number of hydrogen-bond donors (Lipinski definition) is 1. The summed E-state index contributed by atoms with van der Waals surface area (Å²) < 4.78 is 13.3. The Kier molecular flexibility index (Phi) is 6.28. The Bertz CT molecular complexity index is 145. The number of ether oxygens (including phenoxy) is 1. The van der Waals surface area contributed by atoms with Gasteiger partial charge in [-0.15, -0.1) is 0 Å². The van der Waals surface area contributed by atoms with Crippen LogP contribution in [-0.2, 0) is 9.53 Å². The molecule has 0 aliphatic rings. The van der Waals surface area contributed by atoms with E-state index in [-0.39, 0.29) is 5.97 Å². The standard InChI is InChI=1S/C7H13AsO3/c1-6(2)7(9)11-5-3-4-8-10/h8,10H,1,3-5H2,2H3. The van der Waals surface area contributed by atoms with E-state index in [4.69, 9.17) is 8.83 Å². The Morgan fingerprint density at radius 3 is 2.82 bits per heavy atom. The van der Waals surface area contributed by atoms with Crippen molar-refractivity contribution in [1.29, 1.82) is 0 Å². The Morgan fingerprint density at radius 2 is 2.36 bits per heavy atom. The molecule has 0 rings (SSSR count). The SMILES string of the molecule is C=C(C)C(=O)OCCC[AsH]O. The second-order valence-electron chi connectivity index (χ2n) is 2.18. The zero-order chi connectivity index (χ0) is 8.69. The molecule has 11 heavy (non-hydrogen) atoms. The fourth-order valence-electron chi connectivity index (χ4n) is 0.439. The fraction of sp³-hybridized carbons (Fsp3) is 0.571. The summed E-state index contributed by atoms with van der Waals surface area (Å²) in [6.07, 6.45) is 0.759. The van der Waals surface area contributed by atoms with Gasteiger partial charge in [-0.3, -0.25) is 0 Å². The summed E-state index contributed by atoms with van der Waals surface area (Å²) in [5, 5.41) is 0.795. The van der Waals surface area contributed by atoms with E-state index in [2.05, 4.69) is 6.58 Å². The summed E-state index contributed by atoms with van der Waals surface area (Å²) >= 11 is -0.763. The van der Waals surface area contributed by atoms with Crippen LogP contribution in [-0.4, -0.2) is 32.8 Å². The first-order valence-electron chi connectivity index (χ1n) is 3.38. The van der Waals surface area contributed by atoms with E-state index in [0.29, 0.717) is 12.2 Å². The van der Waals surface area contributed by atoms with Crippen LogP contribution >= 0.6 is 0 Å². The number of carbonyl (C=O) groups is 1. The van der Waals surface area contributed by atoms with Gasteiger partial charge in [0.25, 0.3) is 0 Å². The molecule has 1 atom stereocenters. The van der Waals surface area contributed by atoms with E-state index in [1.165, 1.54) is 0 Å². The molecule has 0 heterocycles. The Balaban J connectivity index is 3.25. The number of esters is 1. The van der Waals surface area contributed by atoms with Gasteiger partial charge in [-0.1, -0.05) is 0 Å². The van der Waals surface area contributed by atoms with Crippen molar-refractivity contribution in [3.8, 4) is 0 Å². The van der Waals surface area contributed by atoms with Crippen LogP contribution in [0.3, 0.4) is 0 Å². The molecule has 0 saturated heterocycles. The average Bonchev–Trinajstić information content (AvgIpc) is 1.97. The minimum atomic E-state index is -0.763. The Hall–Kier alpha value is -0.272. The molecule has 0 fully saturated rings. The van der Waals surface area contributed by atoms with Gasteiger partial charge in [0.05, 0.1) is 0 Å². The summed E-state index contributed by atoms with van der Waals surface area (Å²) in [5.41, 5.74) is 0.421. The quantitative estimate of drug-likeness (QED) is 0.313. The van der Waals surface area contributed by atoms with Gasteiger partial charge in [0.1, 0.15) is 0 Å². The molecule has 0 aliphatic carbocycles. The van der Waals surface area contributed by atoms with E-state index < -0.39 is 16.1 Å². The molecule has 3 nitrogen and oxygen atoms in total. The van der Waals surface area contributed by atoms with Gasteiger partial charge in [-0.2, -0.15) is 0 Å². The van der Waals surface area contributed by atoms with Gasteiger partial charge >= 0.3 is 73.0 Å². The maximum atomic E-state index is 10.7. The molecule has 0 spiro atoms. The van der Waals surface area contributed by atoms with E-state index in [9.17, 15) is 4.79 Å². The van der Waals surface area contributed by atoms with E-state index in [1.807, 2.05) is 0 Å². The van der Waals surface area contributed by atoms with Gasteiger partial charge in [0, 0.05) is 0 Å². The van der Waals surface area contributed by atoms with Crippen molar-refractivity contribution in [2.45, 2.75) is 18.6 Å². The topological polar surface area (TPSA) is 46.5 Å². The minimum absolute atomic E-state index is 0.345. The molecule has 0 amide bonds. The summed E-state index contributed by atoms with van der Waals surface area (Å²) in [5.74, 6) is -0.345. The zero-order valence-electron chi connectivity index (χ0n) is 6.59. The Morgan fingerprint density at radius 1 is 1.73 bits per heavy atom. The van der Waals surface area contributed by atoms with Crippen LogP contribution in [0.1, 0.15) is 13.3 Å². The van der Waals surface area contributed by atoms with Crippen molar-refractivity contribution in [2.24, 2.45) is 0 Å². The first-order chi connectivity index (χ1) is 5.18. The molecular formula is C7H13AsO3. The van der Waals surface area contributed by atoms with E-state index >= 15 is 0 Å². The predicted octanol–water partition coefficient (Wildman–Crippen LogP) is 0.258. The molecule has 1 unspecified atom stereocenters. The molecule has 0 aromatic rings. The van der Waals surface area contributed by atoms with Crippen LogP contribution in [0, 0.1) is 0 Å². The monoisotopic (exact) mass is 220 g/mol. The van der Waals surface area contributed by atoms with Gasteiger partial charge in [0.2, 0.25) is 0 Å². The number of hydrogen-bond acceptors (Lipinski definition) is 3. The molecule has 0 aromatic heterocycles. The van der Waals surface area contributed by atoms with Crippen LogP contribution in [0.15, 0.2) is 12.2 Å². The first-order valence-corrected chi connectivity index (χ1v) is 5.80. The van der Waals surface area contributed by atoms with E-state index in [0.717, 1.165) is 11.6 Å². The predicted molar refractivity (Wildman–Crippen MR) is 44.6 cm³/mol. The van der Waals surface area contributed by atoms with Crippen LogP contribution in [0.5, 0.6) is 0 Å². The summed E-state index contributed by atoms with van der Waals surface area (Å²) in [7, 11) is 0. The van der Waals surface area contributed by atoms with Crippen molar-refractivity contribution < 1.29 is 13.6 Å². The summed E-state index contributed by atoms with van der Waals surface area (Å²) in [6, 6.07) is 0. The van der Waals surface area contributed by atoms with Crippen LogP contribution in [0.25, 0.3) is 0 Å². The fourth-order valence-corrected chi connectivity index (χ4v) is 1.07. The molecule has 64 valence electrons. The van der Waals surface area contributed by atoms with Crippen LogP contribution < -0.4 is 0 Å². The first kappa shape index (κ1) is 10.7. The van der Waals surface area contributed by atoms with Crippen molar-refractivity contribution in [1.82, 2.24) is 0 Å². The number of rotatable bonds is 5. The van der Waals surface area contributed by atoms with Gasteiger partial charge in [-0.05, 0) is 0 Å². The third-order valence-electron chi connectivity index (χ3n) is 1.01. The van der Waals surface area contributed by atoms with Crippen molar-refractivity contribution in [2.75, 3.05) is 6.61 Å².